The Morgan fingerprint density at radius 2 is 2.00 bits per heavy atom. The molecule has 0 radical (unpaired) electrons. The summed E-state index contributed by atoms with van der Waals surface area (Å²) in [6.07, 6.45) is 1.33. The molecular formula is C12H23N3O2. The van der Waals surface area contributed by atoms with Crippen molar-refractivity contribution >= 4 is 11.8 Å². The van der Waals surface area contributed by atoms with Crippen LogP contribution in [0.5, 0.6) is 0 Å². The van der Waals surface area contributed by atoms with E-state index in [1.807, 2.05) is 14.1 Å². The molecule has 1 heterocycles. The second-order valence-electron chi connectivity index (χ2n) is 5.37. The van der Waals surface area contributed by atoms with Crippen molar-refractivity contribution in [2.45, 2.75) is 32.2 Å². The summed E-state index contributed by atoms with van der Waals surface area (Å²) in [5, 5.41) is 2.76. The number of nitrogens with zero attached hydrogens (tertiary/aromatic N) is 2. The van der Waals surface area contributed by atoms with Crippen molar-refractivity contribution in [3.63, 3.8) is 0 Å². The number of hydrogen-bond donors (Lipinski definition) is 1. The Hall–Kier alpha value is -1.10. The maximum absolute atomic E-state index is 12.2. The number of hydrogen-bond acceptors (Lipinski definition) is 3. The third-order valence-electron chi connectivity index (χ3n) is 2.92. The van der Waals surface area contributed by atoms with Gasteiger partial charge in [0, 0.05) is 19.5 Å². The fourth-order valence-corrected chi connectivity index (χ4v) is 1.99. The third kappa shape index (κ3) is 4.00. The highest BCUT2D eigenvalue weighted by Crippen LogP contribution is 2.13. The maximum atomic E-state index is 12.2. The van der Waals surface area contributed by atoms with Crippen molar-refractivity contribution in [2.75, 3.05) is 33.7 Å². The Bertz CT molecular complexity index is 300. The lowest BCUT2D eigenvalue weighted by molar-refractivity contribution is -0.137. The summed E-state index contributed by atoms with van der Waals surface area (Å²) >= 11 is 0. The summed E-state index contributed by atoms with van der Waals surface area (Å²) in [5.41, 5.74) is -0.772. The van der Waals surface area contributed by atoms with E-state index >= 15 is 0 Å². The lowest BCUT2D eigenvalue weighted by Gasteiger charge is -2.29. The number of carbonyl (C=O) groups excluding carboxylic acids is 2. The zero-order valence-electron chi connectivity index (χ0n) is 11.2. The van der Waals surface area contributed by atoms with Gasteiger partial charge in [0.05, 0.1) is 0 Å². The van der Waals surface area contributed by atoms with Gasteiger partial charge in [-0.15, -0.1) is 0 Å². The predicted molar refractivity (Wildman–Crippen MR) is 66.6 cm³/mol. The Labute approximate surface area is 103 Å². The first-order valence-corrected chi connectivity index (χ1v) is 6.08. The summed E-state index contributed by atoms with van der Waals surface area (Å²) in [5.74, 6) is -0.0273. The zero-order chi connectivity index (χ0) is 13.1. The summed E-state index contributed by atoms with van der Waals surface area (Å²) < 4.78 is 0. The van der Waals surface area contributed by atoms with E-state index in [-0.39, 0.29) is 11.8 Å². The molecule has 0 unspecified atom stereocenters. The number of amides is 2. The maximum Gasteiger partial charge on any atom is 0.247 e. The molecule has 1 rings (SSSR count). The summed E-state index contributed by atoms with van der Waals surface area (Å²) in [6, 6.07) is 0. The minimum absolute atomic E-state index is 0.0158. The van der Waals surface area contributed by atoms with Crippen LogP contribution in [0, 0.1) is 0 Å². The molecule has 0 atom stereocenters. The van der Waals surface area contributed by atoms with Gasteiger partial charge >= 0.3 is 0 Å². The summed E-state index contributed by atoms with van der Waals surface area (Å²) in [4.78, 5) is 27.5. The number of nitrogens with one attached hydrogen (secondary N) is 1. The van der Waals surface area contributed by atoms with Gasteiger partial charge in [0.25, 0.3) is 0 Å². The Balaban J connectivity index is 2.58. The van der Waals surface area contributed by atoms with E-state index in [4.69, 9.17) is 0 Å². The molecule has 0 aliphatic carbocycles. The van der Waals surface area contributed by atoms with Crippen molar-refractivity contribution in [3.05, 3.63) is 0 Å². The minimum atomic E-state index is -0.772. The summed E-state index contributed by atoms with van der Waals surface area (Å²) in [7, 11) is 4.03. The van der Waals surface area contributed by atoms with Crippen molar-refractivity contribution in [2.24, 2.45) is 0 Å². The van der Waals surface area contributed by atoms with Gasteiger partial charge < -0.3 is 15.1 Å². The molecule has 17 heavy (non-hydrogen) atoms. The Morgan fingerprint density at radius 1 is 1.35 bits per heavy atom. The van der Waals surface area contributed by atoms with Crippen molar-refractivity contribution in [3.8, 4) is 0 Å². The van der Waals surface area contributed by atoms with E-state index in [1.165, 1.54) is 0 Å². The van der Waals surface area contributed by atoms with Crippen LogP contribution in [-0.4, -0.2) is 60.9 Å². The van der Waals surface area contributed by atoms with E-state index in [9.17, 15) is 9.59 Å². The molecule has 0 aromatic rings. The topological polar surface area (TPSA) is 52.6 Å². The molecule has 1 aliphatic heterocycles. The molecule has 1 aliphatic rings. The van der Waals surface area contributed by atoms with Crippen LogP contribution in [0.1, 0.15) is 26.7 Å². The van der Waals surface area contributed by atoms with Crippen LogP contribution < -0.4 is 5.32 Å². The Kier molecular flexibility index (Phi) is 4.51. The summed E-state index contributed by atoms with van der Waals surface area (Å²) in [6.45, 7) is 5.72. The first-order chi connectivity index (χ1) is 7.83. The van der Waals surface area contributed by atoms with Gasteiger partial charge in [0.2, 0.25) is 11.8 Å². The Morgan fingerprint density at radius 3 is 2.59 bits per heavy atom. The molecule has 0 saturated carbocycles. The highest BCUT2D eigenvalue weighted by Gasteiger charge is 2.35. The van der Waals surface area contributed by atoms with Gasteiger partial charge in [0.15, 0.2) is 0 Å². The van der Waals surface area contributed by atoms with E-state index < -0.39 is 5.54 Å². The SMILES string of the molecule is CN(C)CCCN1CCC(=O)NC(C)(C)C1=O. The molecule has 0 aromatic carbocycles. The van der Waals surface area contributed by atoms with Crippen LogP contribution >= 0.6 is 0 Å². The molecule has 1 N–H and O–H groups in total. The van der Waals surface area contributed by atoms with Crippen molar-refractivity contribution in [1.82, 2.24) is 15.1 Å². The quantitative estimate of drug-likeness (QED) is 0.757. The average molecular weight is 241 g/mol. The van der Waals surface area contributed by atoms with Gasteiger partial charge in [-0.1, -0.05) is 0 Å². The predicted octanol–water partition coefficient (Wildman–Crippen LogP) is 0.0652. The molecule has 1 saturated heterocycles. The fraction of sp³-hybridized carbons (Fsp3) is 0.833. The first-order valence-electron chi connectivity index (χ1n) is 6.08. The van der Waals surface area contributed by atoms with Crippen molar-refractivity contribution in [1.29, 1.82) is 0 Å². The molecule has 2 amide bonds. The normalized spacial score (nSPS) is 20.4. The van der Waals surface area contributed by atoms with Crippen LogP contribution in [0.25, 0.3) is 0 Å². The first kappa shape index (κ1) is 14.0. The fourth-order valence-electron chi connectivity index (χ4n) is 1.99. The monoisotopic (exact) mass is 241 g/mol. The largest absolute Gasteiger partial charge is 0.342 e. The number of rotatable bonds is 4. The molecule has 0 aromatic heterocycles. The van der Waals surface area contributed by atoms with Gasteiger partial charge in [0.1, 0.15) is 5.54 Å². The van der Waals surface area contributed by atoms with E-state index in [0.29, 0.717) is 13.0 Å². The number of carbonyl (C=O) groups is 2. The molecule has 1 fully saturated rings. The van der Waals surface area contributed by atoms with Crippen LogP contribution in [0.3, 0.4) is 0 Å². The lowest BCUT2D eigenvalue weighted by Crippen LogP contribution is -2.53. The second kappa shape index (κ2) is 5.49. The van der Waals surface area contributed by atoms with Gasteiger partial charge in [-0.25, -0.2) is 0 Å². The van der Waals surface area contributed by atoms with Gasteiger partial charge in [-0.2, -0.15) is 0 Å². The minimum Gasteiger partial charge on any atom is -0.342 e. The molecule has 98 valence electrons. The highest BCUT2D eigenvalue weighted by molar-refractivity contribution is 5.92. The molecular weight excluding hydrogens is 218 g/mol. The van der Waals surface area contributed by atoms with Crippen molar-refractivity contribution < 1.29 is 9.59 Å². The second-order valence-corrected chi connectivity index (χ2v) is 5.37. The van der Waals surface area contributed by atoms with Crippen LogP contribution in [-0.2, 0) is 9.59 Å². The lowest BCUT2D eigenvalue weighted by atomic mass is 10.0. The zero-order valence-corrected chi connectivity index (χ0v) is 11.2. The van der Waals surface area contributed by atoms with Crippen LogP contribution in [0.2, 0.25) is 0 Å². The van der Waals surface area contributed by atoms with Gasteiger partial charge in [-0.05, 0) is 40.9 Å². The average Bonchev–Trinajstić information content (AvgIpc) is 2.28. The van der Waals surface area contributed by atoms with Crippen LogP contribution in [0.4, 0.5) is 0 Å². The molecule has 0 spiro atoms. The molecule has 5 heteroatoms. The standard InChI is InChI=1S/C12H23N3O2/c1-12(2)11(17)15(8-5-7-14(3)4)9-6-10(16)13-12/h5-9H2,1-4H3,(H,13,16). The van der Waals surface area contributed by atoms with E-state index in [0.717, 1.165) is 19.5 Å². The van der Waals surface area contributed by atoms with Gasteiger partial charge in [-0.3, -0.25) is 9.59 Å². The molecule has 0 bridgehead atoms. The van der Waals surface area contributed by atoms with E-state index in [1.54, 1.807) is 18.7 Å². The smallest absolute Gasteiger partial charge is 0.247 e. The highest BCUT2D eigenvalue weighted by atomic mass is 16.2. The van der Waals surface area contributed by atoms with Crippen LogP contribution in [0.15, 0.2) is 0 Å². The molecule has 5 nitrogen and oxygen atoms in total. The van der Waals surface area contributed by atoms with E-state index in [2.05, 4.69) is 10.2 Å². The third-order valence-corrected chi connectivity index (χ3v) is 2.92.